The molecule has 1 aromatic heterocycles. The van der Waals surface area contributed by atoms with Crippen molar-refractivity contribution in [3.05, 3.63) is 24.0 Å². The molecule has 0 bridgehead atoms. The van der Waals surface area contributed by atoms with Crippen LogP contribution in [0.1, 0.15) is 18.4 Å². The van der Waals surface area contributed by atoms with Crippen molar-refractivity contribution in [3.8, 4) is 5.75 Å². The molecule has 1 fully saturated rings. The molecule has 0 aromatic carbocycles. The number of fused-ring (bicyclic) bond motifs is 2. The van der Waals surface area contributed by atoms with E-state index in [1.54, 1.807) is 6.20 Å². The van der Waals surface area contributed by atoms with E-state index in [1.165, 1.54) is 12.0 Å². The van der Waals surface area contributed by atoms with Crippen molar-refractivity contribution in [2.45, 2.75) is 25.6 Å². The molecule has 0 spiro atoms. The summed E-state index contributed by atoms with van der Waals surface area (Å²) in [6, 6.07) is 1.92. The van der Waals surface area contributed by atoms with Gasteiger partial charge < -0.3 is 9.47 Å². The second-order valence-electron chi connectivity index (χ2n) is 3.95. The number of ether oxygens (including phenoxy) is 2. The minimum Gasteiger partial charge on any atom is -0.464 e. The molecule has 2 aliphatic heterocycles. The van der Waals surface area contributed by atoms with Gasteiger partial charge in [-0.25, -0.2) is 0 Å². The zero-order chi connectivity index (χ0) is 9.38. The molecule has 0 amide bonds. The fraction of sp³-hybridized carbons (Fsp3) is 0.545. The molecule has 0 saturated carbocycles. The third-order valence-electron chi connectivity index (χ3n) is 2.97. The number of rotatable bonds is 0. The van der Waals surface area contributed by atoms with Gasteiger partial charge in [0.15, 0.2) is 0 Å². The van der Waals surface area contributed by atoms with Crippen LogP contribution in [0.2, 0.25) is 0 Å². The second-order valence-corrected chi connectivity index (χ2v) is 3.95. The Labute approximate surface area is 83.1 Å². The van der Waals surface area contributed by atoms with Crippen LogP contribution in [0.5, 0.6) is 5.75 Å². The van der Waals surface area contributed by atoms with Crippen molar-refractivity contribution in [3.63, 3.8) is 0 Å². The average molecular weight is 191 g/mol. The molecule has 0 aliphatic carbocycles. The first-order valence-electron chi connectivity index (χ1n) is 5.14. The highest BCUT2D eigenvalue weighted by molar-refractivity contribution is 5.32. The van der Waals surface area contributed by atoms with Crippen molar-refractivity contribution in [2.24, 2.45) is 5.92 Å². The molecule has 3 heteroatoms. The molecule has 0 radical (unpaired) electrons. The van der Waals surface area contributed by atoms with Crippen LogP contribution in [0.15, 0.2) is 18.5 Å². The third kappa shape index (κ3) is 1.28. The Balaban J connectivity index is 1.91. The highest BCUT2D eigenvalue weighted by Crippen LogP contribution is 2.34. The summed E-state index contributed by atoms with van der Waals surface area (Å²) in [7, 11) is 0. The molecule has 3 nitrogen and oxygen atoms in total. The SMILES string of the molecule is c1cc2c(cn1)C[C@H]1CCCO[C@H]1O2. The number of aromatic nitrogens is 1. The molecular weight excluding hydrogens is 178 g/mol. The number of hydrogen-bond donors (Lipinski definition) is 0. The normalized spacial score (nSPS) is 30.0. The quantitative estimate of drug-likeness (QED) is 0.626. The van der Waals surface area contributed by atoms with Crippen LogP contribution in [-0.2, 0) is 11.2 Å². The zero-order valence-corrected chi connectivity index (χ0v) is 7.98. The summed E-state index contributed by atoms with van der Waals surface area (Å²) in [6.45, 7) is 0.835. The largest absolute Gasteiger partial charge is 0.464 e. The fourth-order valence-electron chi connectivity index (χ4n) is 2.24. The molecule has 2 atom stereocenters. The van der Waals surface area contributed by atoms with Crippen molar-refractivity contribution >= 4 is 0 Å². The Kier molecular flexibility index (Phi) is 1.91. The summed E-state index contributed by atoms with van der Waals surface area (Å²) in [4.78, 5) is 4.11. The first-order chi connectivity index (χ1) is 6.93. The van der Waals surface area contributed by atoms with Crippen LogP contribution in [0, 0.1) is 5.92 Å². The predicted molar refractivity (Wildman–Crippen MR) is 51.0 cm³/mol. The molecule has 0 unspecified atom stereocenters. The Hall–Kier alpha value is -1.09. The summed E-state index contributed by atoms with van der Waals surface area (Å²) >= 11 is 0. The first-order valence-corrected chi connectivity index (χ1v) is 5.14. The van der Waals surface area contributed by atoms with E-state index in [9.17, 15) is 0 Å². The minimum atomic E-state index is -0.0151. The summed E-state index contributed by atoms with van der Waals surface area (Å²) < 4.78 is 11.4. The van der Waals surface area contributed by atoms with Crippen LogP contribution in [0.4, 0.5) is 0 Å². The molecule has 3 rings (SSSR count). The molecule has 3 heterocycles. The lowest BCUT2D eigenvalue weighted by Gasteiger charge is -2.36. The van der Waals surface area contributed by atoms with Gasteiger partial charge in [-0.2, -0.15) is 0 Å². The fourth-order valence-corrected chi connectivity index (χ4v) is 2.24. The molecule has 1 aromatic rings. The number of nitrogens with zero attached hydrogens (tertiary/aromatic N) is 1. The molecule has 14 heavy (non-hydrogen) atoms. The van der Waals surface area contributed by atoms with Crippen molar-refractivity contribution in [1.82, 2.24) is 4.98 Å². The van der Waals surface area contributed by atoms with Gasteiger partial charge in [-0.1, -0.05) is 0 Å². The van der Waals surface area contributed by atoms with E-state index in [-0.39, 0.29) is 6.29 Å². The van der Waals surface area contributed by atoms with Gasteiger partial charge in [-0.3, -0.25) is 4.98 Å². The van der Waals surface area contributed by atoms with Gasteiger partial charge in [0, 0.05) is 23.9 Å². The molecule has 1 saturated heterocycles. The van der Waals surface area contributed by atoms with Crippen LogP contribution in [0.3, 0.4) is 0 Å². The van der Waals surface area contributed by atoms with E-state index >= 15 is 0 Å². The standard InChI is InChI=1S/C11H13NO2/c1-2-8-6-9-7-12-4-3-10(9)14-11(8)13-5-1/h3-4,7-8,11H,1-2,5-6H2/t8-,11+/m1/s1. The zero-order valence-electron chi connectivity index (χ0n) is 7.98. The molecule has 2 aliphatic rings. The lowest BCUT2D eigenvalue weighted by atomic mass is 9.91. The van der Waals surface area contributed by atoms with Crippen LogP contribution in [-0.4, -0.2) is 17.9 Å². The number of pyridine rings is 1. The van der Waals surface area contributed by atoms with E-state index in [1.807, 2.05) is 12.3 Å². The minimum absolute atomic E-state index is 0.0151. The maximum absolute atomic E-state index is 5.77. The van der Waals surface area contributed by atoms with Gasteiger partial charge in [0.2, 0.25) is 6.29 Å². The van der Waals surface area contributed by atoms with Gasteiger partial charge in [0.1, 0.15) is 5.75 Å². The highest BCUT2D eigenvalue weighted by Gasteiger charge is 2.32. The summed E-state index contributed by atoms with van der Waals surface area (Å²) in [5, 5.41) is 0. The summed E-state index contributed by atoms with van der Waals surface area (Å²) in [5.41, 5.74) is 1.22. The van der Waals surface area contributed by atoms with Gasteiger partial charge >= 0.3 is 0 Å². The first kappa shape index (κ1) is 8.24. The Bertz CT molecular complexity index is 307. The molecular formula is C11H13NO2. The summed E-state index contributed by atoms with van der Waals surface area (Å²) in [5.74, 6) is 1.48. The summed E-state index contributed by atoms with van der Waals surface area (Å²) in [6.07, 6.45) is 7.06. The highest BCUT2D eigenvalue weighted by atomic mass is 16.7. The second kappa shape index (κ2) is 3.24. The van der Waals surface area contributed by atoms with E-state index in [2.05, 4.69) is 4.98 Å². The van der Waals surface area contributed by atoms with Gasteiger partial charge in [-0.05, 0) is 25.3 Å². The Morgan fingerprint density at radius 2 is 2.43 bits per heavy atom. The van der Waals surface area contributed by atoms with Crippen molar-refractivity contribution in [1.29, 1.82) is 0 Å². The molecule has 74 valence electrons. The van der Waals surface area contributed by atoms with Crippen molar-refractivity contribution < 1.29 is 9.47 Å². The van der Waals surface area contributed by atoms with Crippen LogP contribution < -0.4 is 4.74 Å². The third-order valence-corrected chi connectivity index (χ3v) is 2.97. The van der Waals surface area contributed by atoms with Crippen molar-refractivity contribution in [2.75, 3.05) is 6.61 Å². The Morgan fingerprint density at radius 3 is 3.43 bits per heavy atom. The smallest absolute Gasteiger partial charge is 0.202 e. The van der Waals surface area contributed by atoms with Gasteiger partial charge in [-0.15, -0.1) is 0 Å². The maximum atomic E-state index is 5.77. The van der Waals surface area contributed by atoms with E-state index in [0.29, 0.717) is 5.92 Å². The Morgan fingerprint density at radius 1 is 1.43 bits per heavy atom. The van der Waals surface area contributed by atoms with E-state index in [0.717, 1.165) is 25.2 Å². The maximum Gasteiger partial charge on any atom is 0.202 e. The van der Waals surface area contributed by atoms with Crippen LogP contribution >= 0.6 is 0 Å². The van der Waals surface area contributed by atoms with Gasteiger partial charge in [0.05, 0.1) is 6.61 Å². The topological polar surface area (TPSA) is 31.4 Å². The average Bonchev–Trinajstić information content (AvgIpc) is 2.26. The lowest BCUT2D eigenvalue weighted by molar-refractivity contribution is -0.148. The predicted octanol–water partition coefficient (Wildman–Crippen LogP) is 1.77. The van der Waals surface area contributed by atoms with Gasteiger partial charge in [0.25, 0.3) is 0 Å². The van der Waals surface area contributed by atoms with E-state index < -0.39 is 0 Å². The molecule has 0 N–H and O–H groups in total. The number of hydrogen-bond acceptors (Lipinski definition) is 3. The monoisotopic (exact) mass is 191 g/mol. The lowest BCUT2D eigenvalue weighted by Crippen LogP contribution is -2.38. The van der Waals surface area contributed by atoms with Crippen LogP contribution in [0.25, 0.3) is 0 Å². The van der Waals surface area contributed by atoms with E-state index in [4.69, 9.17) is 9.47 Å².